The number of benzene rings is 1. The quantitative estimate of drug-likeness (QED) is 0.883. The fourth-order valence-corrected chi connectivity index (χ4v) is 2.46. The van der Waals surface area contributed by atoms with Crippen molar-refractivity contribution < 1.29 is 4.79 Å². The third-order valence-electron chi connectivity index (χ3n) is 3.38. The summed E-state index contributed by atoms with van der Waals surface area (Å²) in [6.45, 7) is 3.79. The zero-order chi connectivity index (χ0) is 13.0. The van der Waals surface area contributed by atoms with Gasteiger partial charge in [0.2, 0.25) is 5.91 Å². The first-order valence-electron chi connectivity index (χ1n) is 6.43. The number of rotatable bonds is 3. The number of nitrogens with one attached hydrogen (secondary N) is 2. The molecule has 4 heteroatoms. The SMILES string of the molecule is C[C@@H](NC(=O)C1CCCNC1)c1cccc(Cl)c1. The lowest BCUT2D eigenvalue weighted by Gasteiger charge is -2.24. The van der Waals surface area contributed by atoms with E-state index in [9.17, 15) is 4.79 Å². The molecule has 18 heavy (non-hydrogen) atoms. The predicted octanol–water partition coefficient (Wildman–Crippen LogP) is 2.52. The summed E-state index contributed by atoms with van der Waals surface area (Å²) in [6.07, 6.45) is 2.05. The van der Waals surface area contributed by atoms with Gasteiger partial charge in [-0.1, -0.05) is 23.7 Å². The van der Waals surface area contributed by atoms with Crippen LogP contribution in [0.5, 0.6) is 0 Å². The monoisotopic (exact) mass is 266 g/mol. The van der Waals surface area contributed by atoms with Gasteiger partial charge in [-0.05, 0) is 44.0 Å². The van der Waals surface area contributed by atoms with Crippen LogP contribution in [0.4, 0.5) is 0 Å². The van der Waals surface area contributed by atoms with Crippen LogP contribution in [0.25, 0.3) is 0 Å². The Kier molecular flexibility index (Phi) is 4.61. The molecule has 1 heterocycles. The average Bonchev–Trinajstić information content (AvgIpc) is 2.39. The fourth-order valence-electron chi connectivity index (χ4n) is 2.27. The molecule has 0 spiro atoms. The third-order valence-corrected chi connectivity index (χ3v) is 3.61. The highest BCUT2D eigenvalue weighted by Gasteiger charge is 2.22. The van der Waals surface area contributed by atoms with E-state index in [1.165, 1.54) is 0 Å². The molecule has 0 radical (unpaired) electrons. The van der Waals surface area contributed by atoms with Crippen LogP contribution < -0.4 is 10.6 Å². The molecule has 1 saturated heterocycles. The molecule has 0 saturated carbocycles. The third kappa shape index (κ3) is 3.47. The molecule has 0 aromatic heterocycles. The van der Waals surface area contributed by atoms with Crippen molar-refractivity contribution in [1.29, 1.82) is 0 Å². The molecule has 1 amide bonds. The Morgan fingerprint density at radius 1 is 1.56 bits per heavy atom. The molecular weight excluding hydrogens is 248 g/mol. The maximum atomic E-state index is 12.1. The van der Waals surface area contributed by atoms with Crippen molar-refractivity contribution in [2.75, 3.05) is 13.1 Å². The summed E-state index contributed by atoms with van der Waals surface area (Å²) in [4.78, 5) is 12.1. The van der Waals surface area contributed by atoms with Crippen LogP contribution in [-0.4, -0.2) is 19.0 Å². The van der Waals surface area contributed by atoms with Crippen LogP contribution in [0, 0.1) is 5.92 Å². The van der Waals surface area contributed by atoms with Gasteiger partial charge in [0.15, 0.2) is 0 Å². The standard InChI is InChI=1S/C14H19ClN2O/c1-10(11-4-2-6-13(15)8-11)17-14(18)12-5-3-7-16-9-12/h2,4,6,8,10,12,16H,3,5,7,9H2,1H3,(H,17,18)/t10-,12?/m1/s1. The molecule has 2 N–H and O–H groups in total. The van der Waals surface area contributed by atoms with Crippen molar-refractivity contribution in [3.05, 3.63) is 34.9 Å². The van der Waals surface area contributed by atoms with E-state index in [0.29, 0.717) is 5.02 Å². The minimum Gasteiger partial charge on any atom is -0.349 e. The minimum absolute atomic E-state index is 0.00173. The van der Waals surface area contributed by atoms with Gasteiger partial charge in [0.05, 0.1) is 12.0 Å². The van der Waals surface area contributed by atoms with E-state index in [0.717, 1.165) is 31.5 Å². The average molecular weight is 267 g/mol. The second-order valence-corrected chi connectivity index (χ2v) is 5.26. The Morgan fingerprint density at radius 3 is 3.06 bits per heavy atom. The molecule has 98 valence electrons. The smallest absolute Gasteiger partial charge is 0.224 e. The lowest BCUT2D eigenvalue weighted by Crippen LogP contribution is -2.41. The van der Waals surface area contributed by atoms with Gasteiger partial charge in [0, 0.05) is 11.6 Å². The molecule has 1 fully saturated rings. The van der Waals surface area contributed by atoms with Crippen LogP contribution >= 0.6 is 11.6 Å². The van der Waals surface area contributed by atoms with Crippen molar-refractivity contribution >= 4 is 17.5 Å². The number of carbonyl (C=O) groups is 1. The zero-order valence-corrected chi connectivity index (χ0v) is 11.3. The summed E-state index contributed by atoms with van der Waals surface area (Å²) in [5.41, 5.74) is 1.04. The number of piperidine rings is 1. The van der Waals surface area contributed by atoms with E-state index in [1.54, 1.807) is 0 Å². The van der Waals surface area contributed by atoms with Gasteiger partial charge < -0.3 is 10.6 Å². The molecule has 1 aromatic rings. The van der Waals surface area contributed by atoms with Crippen LogP contribution in [0.1, 0.15) is 31.4 Å². The largest absolute Gasteiger partial charge is 0.349 e. The summed E-state index contributed by atoms with van der Waals surface area (Å²) in [5.74, 6) is 0.232. The lowest BCUT2D eigenvalue weighted by molar-refractivity contribution is -0.126. The highest BCUT2D eigenvalue weighted by Crippen LogP contribution is 2.18. The van der Waals surface area contributed by atoms with Gasteiger partial charge in [0.1, 0.15) is 0 Å². The predicted molar refractivity (Wildman–Crippen MR) is 73.6 cm³/mol. The van der Waals surface area contributed by atoms with Gasteiger partial charge in [0.25, 0.3) is 0 Å². The van der Waals surface area contributed by atoms with Crippen LogP contribution in [0.3, 0.4) is 0 Å². The number of carbonyl (C=O) groups excluding carboxylic acids is 1. The van der Waals surface area contributed by atoms with Crippen molar-refractivity contribution in [3.8, 4) is 0 Å². The first-order chi connectivity index (χ1) is 8.66. The maximum absolute atomic E-state index is 12.1. The summed E-state index contributed by atoms with van der Waals surface area (Å²) >= 11 is 5.95. The van der Waals surface area contributed by atoms with E-state index in [-0.39, 0.29) is 17.9 Å². The molecule has 0 bridgehead atoms. The highest BCUT2D eigenvalue weighted by molar-refractivity contribution is 6.30. The van der Waals surface area contributed by atoms with E-state index in [2.05, 4.69) is 10.6 Å². The number of hydrogen-bond donors (Lipinski definition) is 2. The summed E-state index contributed by atoms with van der Waals surface area (Å²) in [5, 5.41) is 7.01. The van der Waals surface area contributed by atoms with Gasteiger partial charge in [-0.15, -0.1) is 0 Å². The van der Waals surface area contributed by atoms with Gasteiger partial charge in [-0.3, -0.25) is 4.79 Å². The summed E-state index contributed by atoms with van der Waals surface area (Å²) < 4.78 is 0. The Hall–Kier alpha value is -1.06. The topological polar surface area (TPSA) is 41.1 Å². The maximum Gasteiger partial charge on any atom is 0.224 e. The lowest BCUT2D eigenvalue weighted by atomic mass is 9.98. The second-order valence-electron chi connectivity index (χ2n) is 4.83. The minimum atomic E-state index is -0.00173. The first-order valence-corrected chi connectivity index (χ1v) is 6.81. The fraction of sp³-hybridized carbons (Fsp3) is 0.500. The molecule has 2 rings (SSSR count). The highest BCUT2D eigenvalue weighted by atomic mass is 35.5. The molecule has 1 aliphatic rings. The second kappa shape index (κ2) is 6.21. The van der Waals surface area contributed by atoms with Crippen LogP contribution in [0.15, 0.2) is 24.3 Å². The molecule has 3 nitrogen and oxygen atoms in total. The van der Waals surface area contributed by atoms with Gasteiger partial charge in [-0.25, -0.2) is 0 Å². The molecule has 0 aliphatic carbocycles. The van der Waals surface area contributed by atoms with E-state index >= 15 is 0 Å². The van der Waals surface area contributed by atoms with Crippen molar-refractivity contribution in [2.24, 2.45) is 5.92 Å². The van der Waals surface area contributed by atoms with E-state index in [1.807, 2.05) is 31.2 Å². The molecule has 1 aromatic carbocycles. The number of amides is 1. The molecule has 2 atom stereocenters. The molecular formula is C14H19ClN2O. The Bertz CT molecular complexity index is 416. The van der Waals surface area contributed by atoms with Crippen LogP contribution in [-0.2, 0) is 4.79 Å². The summed E-state index contributed by atoms with van der Waals surface area (Å²) in [7, 11) is 0. The van der Waals surface area contributed by atoms with Crippen molar-refractivity contribution in [3.63, 3.8) is 0 Å². The van der Waals surface area contributed by atoms with Crippen LogP contribution in [0.2, 0.25) is 5.02 Å². The van der Waals surface area contributed by atoms with Gasteiger partial charge in [-0.2, -0.15) is 0 Å². The van der Waals surface area contributed by atoms with E-state index < -0.39 is 0 Å². The van der Waals surface area contributed by atoms with Crippen molar-refractivity contribution in [2.45, 2.75) is 25.8 Å². The van der Waals surface area contributed by atoms with Gasteiger partial charge >= 0.3 is 0 Å². The Balaban J connectivity index is 1.94. The number of halogens is 1. The summed E-state index contributed by atoms with van der Waals surface area (Å²) in [6, 6.07) is 7.62. The first kappa shape index (κ1) is 13.4. The molecule has 1 unspecified atom stereocenters. The Morgan fingerprint density at radius 2 is 2.39 bits per heavy atom. The van der Waals surface area contributed by atoms with E-state index in [4.69, 9.17) is 11.6 Å². The zero-order valence-electron chi connectivity index (χ0n) is 10.6. The Labute approximate surface area is 113 Å². The normalized spacial score (nSPS) is 21.3. The molecule has 1 aliphatic heterocycles. The number of hydrogen-bond acceptors (Lipinski definition) is 2. The van der Waals surface area contributed by atoms with Crippen molar-refractivity contribution in [1.82, 2.24) is 10.6 Å².